The lowest BCUT2D eigenvalue weighted by atomic mass is 10.1. The molecule has 0 atom stereocenters. The molecule has 0 unspecified atom stereocenters. The molecule has 0 amide bonds. The molecule has 6 nitrogen and oxygen atoms in total. The van der Waals surface area contributed by atoms with Crippen molar-refractivity contribution in [2.24, 2.45) is 0 Å². The number of halogens is 2. The number of rotatable bonds is 2. The number of anilines is 1. The smallest absolute Gasteiger partial charge is 0.323 e. The van der Waals surface area contributed by atoms with E-state index in [-0.39, 0.29) is 33.4 Å². The van der Waals surface area contributed by atoms with Crippen LogP contribution in [0.15, 0.2) is 44.3 Å². The van der Waals surface area contributed by atoms with Crippen LogP contribution in [-0.2, 0) is 0 Å². The summed E-state index contributed by atoms with van der Waals surface area (Å²) in [6.07, 6.45) is 1.79. The molecule has 1 aliphatic rings. The first kappa shape index (κ1) is 16.7. The van der Waals surface area contributed by atoms with Gasteiger partial charge in [-0.25, -0.2) is 13.6 Å². The Balaban J connectivity index is 1.72. The average molecular weight is 383 g/mol. The third-order valence-corrected chi connectivity index (χ3v) is 5.11. The first-order valence-electron chi connectivity index (χ1n) is 8.94. The van der Waals surface area contributed by atoms with E-state index in [1.165, 1.54) is 24.3 Å². The molecular formula is C20H15F2N3O3. The number of fused-ring (bicyclic) bond motifs is 3. The third kappa shape index (κ3) is 2.52. The zero-order valence-electron chi connectivity index (χ0n) is 14.6. The summed E-state index contributed by atoms with van der Waals surface area (Å²) in [7, 11) is 0. The Bertz CT molecular complexity index is 1320. The maximum atomic E-state index is 14.7. The Labute approximate surface area is 156 Å². The Morgan fingerprint density at radius 3 is 2.39 bits per heavy atom. The molecule has 0 aliphatic carbocycles. The molecule has 1 aliphatic heterocycles. The number of aromatic amines is 2. The molecule has 0 spiro atoms. The van der Waals surface area contributed by atoms with Gasteiger partial charge in [0.2, 0.25) is 0 Å². The van der Waals surface area contributed by atoms with Crippen LogP contribution in [0.2, 0.25) is 0 Å². The zero-order chi connectivity index (χ0) is 19.4. The predicted octanol–water partition coefficient (Wildman–Crippen LogP) is 3.51. The van der Waals surface area contributed by atoms with Gasteiger partial charge in [-0.15, -0.1) is 0 Å². The van der Waals surface area contributed by atoms with E-state index in [2.05, 4.69) is 9.97 Å². The van der Waals surface area contributed by atoms with Gasteiger partial charge in [-0.1, -0.05) is 0 Å². The summed E-state index contributed by atoms with van der Waals surface area (Å²) >= 11 is 0. The minimum atomic E-state index is -0.701. The van der Waals surface area contributed by atoms with Crippen molar-refractivity contribution in [3.8, 4) is 11.3 Å². The first-order chi connectivity index (χ1) is 13.5. The number of imidazole rings is 1. The van der Waals surface area contributed by atoms with Crippen molar-refractivity contribution >= 4 is 27.7 Å². The van der Waals surface area contributed by atoms with Gasteiger partial charge in [-0.3, -0.25) is 4.79 Å². The summed E-state index contributed by atoms with van der Waals surface area (Å²) in [6, 6.07) is 6.66. The highest BCUT2D eigenvalue weighted by Gasteiger charge is 2.22. The summed E-state index contributed by atoms with van der Waals surface area (Å²) in [4.78, 5) is 30.9. The van der Waals surface area contributed by atoms with Crippen molar-refractivity contribution in [2.75, 3.05) is 18.0 Å². The molecule has 4 aromatic rings. The molecule has 2 aromatic carbocycles. The highest BCUT2D eigenvalue weighted by atomic mass is 19.1. The van der Waals surface area contributed by atoms with Gasteiger partial charge in [0.05, 0.1) is 10.9 Å². The summed E-state index contributed by atoms with van der Waals surface area (Å²) in [6.45, 7) is 1.22. The average Bonchev–Trinajstić information content (AvgIpc) is 3.30. The van der Waals surface area contributed by atoms with Gasteiger partial charge in [0.15, 0.2) is 11.0 Å². The van der Waals surface area contributed by atoms with E-state index in [0.29, 0.717) is 24.1 Å². The Morgan fingerprint density at radius 2 is 1.68 bits per heavy atom. The molecule has 1 fully saturated rings. The standard InChI is InChI=1S/C20H15F2N3O3/c21-12-7-10(8-13(22)18(12)25-5-1-2-6-25)16-9-15(26)11-3-4-14-17(19(11)28-16)24-20(27)23-14/h3-4,7-9H,1-2,5-6H2,(H2,23,24,27). The minimum Gasteiger partial charge on any atom is -0.454 e. The van der Waals surface area contributed by atoms with Crippen LogP contribution in [0.3, 0.4) is 0 Å². The topological polar surface area (TPSA) is 82.1 Å². The van der Waals surface area contributed by atoms with Gasteiger partial charge in [0.25, 0.3) is 0 Å². The lowest BCUT2D eigenvalue weighted by Gasteiger charge is -2.19. The molecule has 1 saturated heterocycles. The van der Waals surface area contributed by atoms with Gasteiger partial charge in [0, 0.05) is 24.7 Å². The van der Waals surface area contributed by atoms with Crippen LogP contribution in [0.25, 0.3) is 33.3 Å². The normalized spacial score (nSPS) is 14.4. The van der Waals surface area contributed by atoms with Crippen molar-refractivity contribution in [1.29, 1.82) is 0 Å². The summed E-state index contributed by atoms with van der Waals surface area (Å²) in [5.41, 5.74) is 0.208. The van der Waals surface area contributed by atoms with Gasteiger partial charge < -0.3 is 19.3 Å². The quantitative estimate of drug-likeness (QED) is 0.555. The van der Waals surface area contributed by atoms with Crippen LogP contribution in [-0.4, -0.2) is 23.1 Å². The van der Waals surface area contributed by atoms with E-state index in [1.54, 1.807) is 11.0 Å². The molecule has 0 bridgehead atoms. The number of nitrogens with zero attached hydrogens (tertiary/aromatic N) is 1. The summed E-state index contributed by atoms with van der Waals surface area (Å²) in [5.74, 6) is -1.38. The fourth-order valence-corrected chi connectivity index (χ4v) is 3.81. The van der Waals surface area contributed by atoms with Crippen molar-refractivity contribution in [2.45, 2.75) is 12.8 Å². The van der Waals surface area contributed by atoms with E-state index in [9.17, 15) is 18.4 Å². The monoisotopic (exact) mass is 383 g/mol. The van der Waals surface area contributed by atoms with Gasteiger partial charge in [-0.2, -0.15) is 0 Å². The lowest BCUT2D eigenvalue weighted by Crippen LogP contribution is -2.20. The minimum absolute atomic E-state index is 0.0258. The second kappa shape index (κ2) is 6.05. The van der Waals surface area contributed by atoms with E-state index in [1.807, 2.05) is 0 Å². The van der Waals surface area contributed by atoms with Crippen molar-refractivity contribution in [3.63, 3.8) is 0 Å². The predicted molar refractivity (Wildman–Crippen MR) is 102 cm³/mol. The third-order valence-electron chi connectivity index (χ3n) is 5.11. The fraction of sp³-hybridized carbons (Fsp3) is 0.200. The van der Waals surface area contributed by atoms with Crippen molar-refractivity contribution in [1.82, 2.24) is 9.97 Å². The molecule has 0 radical (unpaired) electrons. The van der Waals surface area contributed by atoms with Crippen LogP contribution >= 0.6 is 0 Å². The highest BCUT2D eigenvalue weighted by Crippen LogP contribution is 2.33. The molecule has 8 heteroatoms. The molecular weight excluding hydrogens is 368 g/mol. The number of benzene rings is 2. The molecule has 2 aromatic heterocycles. The number of hydrogen-bond donors (Lipinski definition) is 2. The number of hydrogen-bond acceptors (Lipinski definition) is 4. The van der Waals surface area contributed by atoms with Crippen molar-refractivity contribution in [3.05, 3.63) is 62.7 Å². The van der Waals surface area contributed by atoms with Crippen LogP contribution < -0.4 is 16.0 Å². The second-order valence-electron chi connectivity index (χ2n) is 6.90. The first-order valence-corrected chi connectivity index (χ1v) is 8.94. The van der Waals surface area contributed by atoms with Crippen molar-refractivity contribution < 1.29 is 13.2 Å². The molecule has 5 rings (SSSR count). The van der Waals surface area contributed by atoms with Gasteiger partial charge in [-0.05, 0) is 37.1 Å². The van der Waals surface area contributed by atoms with E-state index >= 15 is 0 Å². The Morgan fingerprint density at radius 1 is 0.964 bits per heavy atom. The van der Waals surface area contributed by atoms with Crippen LogP contribution in [0.1, 0.15) is 12.8 Å². The molecule has 142 valence electrons. The molecule has 3 heterocycles. The summed E-state index contributed by atoms with van der Waals surface area (Å²) in [5, 5.41) is 0.265. The molecule has 28 heavy (non-hydrogen) atoms. The second-order valence-corrected chi connectivity index (χ2v) is 6.90. The SMILES string of the molecule is O=c1[nH]c2ccc3c(=O)cc(-c4cc(F)c(N5CCCC5)c(F)c4)oc3c2[nH]1. The van der Waals surface area contributed by atoms with Crippen LogP contribution in [0, 0.1) is 11.6 Å². The van der Waals surface area contributed by atoms with Gasteiger partial charge in [0.1, 0.15) is 28.6 Å². The van der Waals surface area contributed by atoms with E-state index in [0.717, 1.165) is 12.8 Å². The van der Waals surface area contributed by atoms with E-state index < -0.39 is 17.3 Å². The Hall–Kier alpha value is -3.42. The highest BCUT2D eigenvalue weighted by molar-refractivity contribution is 6.00. The summed E-state index contributed by atoms with van der Waals surface area (Å²) < 4.78 is 35.1. The van der Waals surface area contributed by atoms with Crippen LogP contribution in [0.5, 0.6) is 0 Å². The number of aromatic nitrogens is 2. The van der Waals surface area contributed by atoms with Crippen LogP contribution in [0.4, 0.5) is 14.5 Å². The maximum Gasteiger partial charge on any atom is 0.323 e. The number of nitrogens with one attached hydrogen (secondary N) is 2. The molecule has 0 saturated carbocycles. The largest absolute Gasteiger partial charge is 0.454 e. The van der Waals surface area contributed by atoms with Gasteiger partial charge >= 0.3 is 5.69 Å². The molecule has 2 N–H and O–H groups in total. The maximum absolute atomic E-state index is 14.7. The van der Waals surface area contributed by atoms with E-state index in [4.69, 9.17) is 4.42 Å². The fourth-order valence-electron chi connectivity index (χ4n) is 3.81. The lowest BCUT2D eigenvalue weighted by molar-refractivity contribution is 0.574. The Kier molecular flexibility index (Phi) is 3.61. The number of H-pyrrole nitrogens is 2. The zero-order valence-corrected chi connectivity index (χ0v) is 14.6.